The van der Waals surface area contributed by atoms with Crippen LogP contribution < -0.4 is 9.67 Å². The van der Waals surface area contributed by atoms with Gasteiger partial charge in [-0.1, -0.05) is 82.7 Å². The minimum atomic E-state index is -0.986. The number of nitrogens with zero attached hydrogens (tertiary/aromatic N) is 2. The zero-order valence-corrected chi connectivity index (χ0v) is 16.9. The number of carboxylic acids is 1. The number of hydrogen-bond acceptors (Lipinski definition) is 2. The van der Waals surface area contributed by atoms with Gasteiger partial charge in [-0.05, 0) is 12.0 Å². The van der Waals surface area contributed by atoms with Crippen LogP contribution in [0.2, 0.25) is 0 Å². The summed E-state index contributed by atoms with van der Waals surface area (Å²) in [4.78, 5) is 11.2. The maximum absolute atomic E-state index is 11.2. The third-order valence-electron chi connectivity index (χ3n) is 5.16. The molecule has 2 aromatic rings. The topological polar surface area (TPSA) is 48.9 Å². The Balaban J connectivity index is 2.00. The van der Waals surface area contributed by atoms with E-state index in [1.807, 2.05) is 12.3 Å². The molecule has 0 aliphatic carbocycles. The van der Waals surface area contributed by atoms with Crippen LogP contribution >= 0.6 is 0 Å². The van der Waals surface area contributed by atoms with E-state index in [-0.39, 0.29) is 0 Å². The first-order chi connectivity index (χ1) is 13.1. The molecule has 0 aliphatic rings. The predicted octanol–water partition coefficient (Wildman–Crippen LogP) is 3.50. The van der Waals surface area contributed by atoms with Crippen molar-refractivity contribution >= 4 is 5.97 Å². The molecule has 148 valence electrons. The van der Waals surface area contributed by atoms with E-state index in [9.17, 15) is 9.90 Å². The monoisotopic (exact) mass is 370 g/mol. The number of carbonyl (C=O) groups is 1. The molecule has 0 saturated carbocycles. The van der Waals surface area contributed by atoms with Gasteiger partial charge in [-0.3, -0.25) is 0 Å². The van der Waals surface area contributed by atoms with Crippen LogP contribution in [0.4, 0.5) is 0 Å². The Kier molecular flexibility index (Phi) is 9.09. The molecule has 0 N–H and O–H groups in total. The van der Waals surface area contributed by atoms with Gasteiger partial charge >= 0.3 is 0 Å². The highest BCUT2D eigenvalue weighted by atomic mass is 16.4. The van der Waals surface area contributed by atoms with Gasteiger partial charge in [-0.2, -0.15) is 0 Å². The fourth-order valence-electron chi connectivity index (χ4n) is 3.49. The van der Waals surface area contributed by atoms with E-state index in [2.05, 4.69) is 46.5 Å². The van der Waals surface area contributed by atoms with Crippen LogP contribution in [0.5, 0.6) is 0 Å². The molecule has 0 fully saturated rings. The number of aliphatic carboxylic acids is 1. The van der Waals surface area contributed by atoms with Gasteiger partial charge in [0.25, 0.3) is 5.82 Å². The summed E-state index contributed by atoms with van der Waals surface area (Å²) in [5, 5.41) is 11.2. The predicted molar refractivity (Wildman–Crippen MR) is 106 cm³/mol. The lowest BCUT2D eigenvalue weighted by atomic mass is 10.1. The summed E-state index contributed by atoms with van der Waals surface area (Å²) in [6.45, 7) is 5.25. The average molecular weight is 371 g/mol. The number of benzene rings is 1. The Labute approximate surface area is 163 Å². The summed E-state index contributed by atoms with van der Waals surface area (Å²) in [6, 6.07) is 10.4. The third kappa shape index (κ3) is 7.20. The summed E-state index contributed by atoms with van der Waals surface area (Å²) >= 11 is 0. The van der Waals surface area contributed by atoms with E-state index >= 15 is 0 Å². The van der Waals surface area contributed by atoms with E-state index < -0.39 is 11.9 Å². The van der Waals surface area contributed by atoms with Crippen LogP contribution in [0.15, 0.2) is 42.7 Å². The molecule has 0 aliphatic heterocycles. The molecule has 1 aromatic heterocycles. The number of imidazole rings is 1. The van der Waals surface area contributed by atoms with Crippen molar-refractivity contribution in [1.29, 1.82) is 0 Å². The van der Waals surface area contributed by atoms with Crippen molar-refractivity contribution in [2.45, 2.75) is 78.3 Å². The Bertz CT molecular complexity index is 679. The molecule has 27 heavy (non-hydrogen) atoms. The zero-order valence-electron chi connectivity index (χ0n) is 16.9. The van der Waals surface area contributed by atoms with Gasteiger partial charge in [-0.15, -0.1) is 0 Å². The van der Waals surface area contributed by atoms with Gasteiger partial charge in [-0.25, -0.2) is 9.13 Å². The lowest BCUT2D eigenvalue weighted by Gasteiger charge is -2.12. The Hall–Kier alpha value is -2.10. The van der Waals surface area contributed by atoms with Crippen LogP contribution in [0.3, 0.4) is 0 Å². The molecule has 0 amide bonds. The summed E-state index contributed by atoms with van der Waals surface area (Å²) in [5.74, 6) is -0.268. The number of aromatic nitrogens is 2. The van der Waals surface area contributed by atoms with E-state index in [4.69, 9.17) is 0 Å². The summed E-state index contributed by atoms with van der Waals surface area (Å²) in [7, 11) is 0. The summed E-state index contributed by atoms with van der Waals surface area (Å²) < 4.78 is 4.36. The fraction of sp³-hybridized carbons (Fsp3) is 0.565. The van der Waals surface area contributed by atoms with Gasteiger partial charge in [0, 0.05) is 18.3 Å². The van der Waals surface area contributed by atoms with Crippen LogP contribution in [0, 0.1) is 5.92 Å². The van der Waals surface area contributed by atoms with Crippen molar-refractivity contribution in [3.05, 3.63) is 54.1 Å². The highest BCUT2D eigenvalue weighted by Gasteiger charge is 2.19. The number of rotatable bonds is 13. The lowest BCUT2D eigenvalue weighted by Crippen LogP contribution is -2.39. The van der Waals surface area contributed by atoms with Crippen molar-refractivity contribution in [2.24, 2.45) is 5.92 Å². The molecule has 4 nitrogen and oxygen atoms in total. The normalized spacial score (nSPS) is 12.2. The zero-order chi connectivity index (χ0) is 19.5. The van der Waals surface area contributed by atoms with Crippen molar-refractivity contribution < 1.29 is 14.5 Å². The Morgan fingerprint density at radius 3 is 2.41 bits per heavy atom. The summed E-state index contributed by atoms with van der Waals surface area (Å²) in [5.41, 5.74) is 1.26. The van der Waals surface area contributed by atoms with Gasteiger partial charge < -0.3 is 9.90 Å². The van der Waals surface area contributed by atoms with Gasteiger partial charge in [0.1, 0.15) is 18.9 Å². The first-order valence-electron chi connectivity index (χ1n) is 10.4. The molecule has 4 heteroatoms. The standard InChI is InChI=1S/C23H34N2O2/c1-3-4-5-6-7-8-12-15-22-24(18-20(2)23(26)27)16-17-25(22)19-21-13-10-9-11-14-21/h9-11,13-14,16-17,20H,3-8,12,15,18-19H2,1-2H3. The minimum absolute atomic E-state index is 0.468. The molecular weight excluding hydrogens is 336 g/mol. The maximum Gasteiger partial charge on any atom is 0.256 e. The molecule has 0 bridgehead atoms. The second-order valence-electron chi connectivity index (χ2n) is 7.57. The SMILES string of the molecule is CCCCCCCCCc1n(CC(C)C(=O)[O-])cc[n+]1Cc1ccccc1. The molecule has 1 unspecified atom stereocenters. The molecule has 0 radical (unpaired) electrons. The number of unbranched alkanes of at least 4 members (excludes halogenated alkanes) is 6. The molecule has 0 saturated heterocycles. The number of carboxylic acid groups (broad SMARTS) is 1. The smallest absolute Gasteiger partial charge is 0.256 e. The third-order valence-corrected chi connectivity index (χ3v) is 5.16. The minimum Gasteiger partial charge on any atom is -0.550 e. The maximum atomic E-state index is 11.2. The highest BCUT2D eigenvalue weighted by molar-refractivity contribution is 5.66. The molecule has 0 spiro atoms. The number of carbonyl (C=O) groups excluding carboxylic acids is 1. The van der Waals surface area contributed by atoms with Crippen LogP contribution in [-0.2, 0) is 24.3 Å². The van der Waals surface area contributed by atoms with Gasteiger partial charge in [0.15, 0.2) is 0 Å². The van der Waals surface area contributed by atoms with E-state index in [0.29, 0.717) is 6.54 Å². The van der Waals surface area contributed by atoms with Crippen molar-refractivity contribution in [2.75, 3.05) is 0 Å². The van der Waals surface area contributed by atoms with E-state index in [1.54, 1.807) is 6.92 Å². The van der Waals surface area contributed by atoms with Crippen molar-refractivity contribution in [3.8, 4) is 0 Å². The fourth-order valence-corrected chi connectivity index (χ4v) is 3.49. The Morgan fingerprint density at radius 2 is 1.74 bits per heavy atom. The van der Waals surface area contributed by atoms with Gasteiger partial charge in [0.05, 0.1) is 6.54 Å². The summed E-state index contributed by atoms with van der Waals surface area (Å²) in [6.07, 6.45) is 14.0. The number of hydrogen-bond donors (Lipinski definition) is 0. The second kappa shape index (κ2) is 11.6. The second-order valence-corrected chi connectivity index (χ2v) is 7.57. The van der Waals surface area contributed by atoms with Crippen LogP contribution in [0.1, 0.15) is 70.2 Å². The quantitative estimate of drug-likeness (QED) is 0.400. The molecular formula is C23H34N2O2. The molecule has 1 atom stereocenters. The van der Waals surface area contributed by atoms with Crippen LogP contribution in [0.25, 0.3) is 0 Å². The molecule has 2 rings (SSSR count). The van der Waals surface area contributed by atoms with Crippen LogP contribution in [-0.4, -0.2) is 10.5 Å². The molecule has 1 heterocycles. The van der Waals surface area contributed by atoms with Crippen molar-refractivity contribution in [1.82, 2.24) is 4.57 Å². The van der Waals surface area contributed by atoms with E-state index in [1.165, 1.54) is 49.9 Å². The lowest BCUT2D eigenvalue weighted by molar-refractivity contribution is -0.695. The Morgan fingerprint density at radius 1 is 1.07 bits per heavy atom. The van der Waals surface area contributed by atoms with Crippen molar-refractivity contribution in [3.63, 3.8) is 0 Å². The average Bonchev–Trinajstić information content (AvgIpc) is 3.03. The van der Waals surface area contributed by atoms with E-state index in [0.717, 1.165) is 19.4 Å². The largest absolute Gasteiger partial charge is 0.550 e. The van der Waals surface area contributed by atoms with Gasteiger partial charge in [0.2, 0.25) is 0 Å². The first kappa shape index (κ1) is 21.2. The molecule has 1 aromatic carbocycles. The highest BCUT2D eigenvalue weighted by Crippen LogP contribution is 2.11. The first-order valence-corrected chi connectivity index (χ1v) is 10.4.